The summed E-state index contributed by atoms with van der Waals surface area (Å²) >= 11 is 0. The van der Waals surface area contributed by atoms with Crippen molar-refractivity contribution in [2.24, 2.45) is 69.5 Å². The van der Waals surface area contributed by atoms with Crippen LogP contribution < -0.4 is 17.2 Å². The molecule has 4 saturated carbocycles. The van der Waals surface area contributed by atoms with Gasteiger partial charge in [0.2, 0.25) is 0 Å². The highest BCUT2D eigenvalue weighted by Crippen LogP contribution is 2.70. The maximum Gasteiger partial charge on any atom is 0.319 e. The van der Waals surface area contributed by atoms with Gasteiger partial charge < -0.3 is 36.3 Å². The summed E-state index contributed by atoms with van der Waals surface area (Å²) < 4.78 is 18.0. The Kier molecular flexibility index (Phi) is 12.5. The number of hydrogen-bond donors (Lipinski definition) is 3. The third-order valence-electron chi connectivity index (χ3n) is 13.7. The first kappa shape index (κ1) is 37.7. The molecule has 49 heavy (non-hydrogen) atoms. The second-order valence-electron chi connectivity index (χ2n) is 16.3. The topological polar surface area (TPSA) is 160 Å². The van der Waals surface area contributed by atoms with Crippen molar-refractivity contribution in [3.63, 3.8) is 0 Å². The van der Waals surface area contributed by atoms with Crippen molar-refractivity contribution in [2.45, 2.75) is 97.3 Å². The molecule has 1 aromatic carbocycles. The van der Waals surface area contributed by atoms with Gasteiger partial charge in [0.05, 0.1) is 26.2 Å². The third kappa shape index (κ3) is 8.03. The number of nitrogens with two attached hydrogens (primary N) is 3. The Hall–Kier alpha value is -2.53. The molecule has 10 heteroatoms. The minimum atomic E-state index is -0.383. The van der Waals surface area contributed by atoms with E-state index >= 15 is 0 Å². The lowest BCUT2D eigenvalue weighted by molar-refractivity contribution is -0.213. The predicted molar refractivity (Wildman–Crippen MR) is 189 cm³/mol. The van der Waals surface area contributed by atoms with Crippen LogP contribution in [0.2, 0.25) is 0 Å². The first-order valence-electron chi connectivity index (χ1n) is 18.8. The maximum absolute atomic E-state index is 13.0. The van der Waals surface area contributed by atoms with Crippen LogP contribution in [-0.4, -0.2) is 74.8 Å². The molecule has 10 nitrogen and oxygen atoms in total. The molecule has 0 aliphatic heterocycles. The monoisotopic (exact) mass is 682 g/mol. The number of nitrogens with zero attached hydrogens (tertiary/aromatic N) is 1. The lowest BCUT2D eigenvalue weighted by atomic mass is 9.41. The Morgan fingerprint density at radius 1 is 0.898 bits per heavy atom. The summed E-state index contributed by atoms with van der Waals surface area (Å²) in [5.41, 5.74) is 18.2. The summed E-state index contributed by atoms with van der Waals surface area (Å²) in [4.78, 5) is 39.9. The number of hydrogen-bond acceptors (Lipinski definition) is 10. The minimum Gasteiger partial charge on any atom is -0.464 e. The molecule has 11 atom stereocenters. The Balaban J connectivity index is 1.38. The van der Waals surface area contributed by atoms with Gasteiger partial charge >= 0.3 is 17.9 Å². The quantitative estimate of drug-likeness (QED) is 0.191. The number of benzene rings is 1. The van der Waals surface area contributed by atoms with E-state index in [0.29, 0.717) is 30.3 Å². The molecular formula is C39H62N4O6. The molecule has 5 rings (SSSR count). The van der Waals surface area contributed by atoms with Crippen molar-refractivity contribution < 1.29 is 28.6 Å². The number of carbonyl (C=O) groups excluding carboxylic acids is 3. The van der Waals surface area contributed by atoms with Gasteiger partial charge in [-0.05, 0) is 124 Å². The molecule has 0 spiro atoms. The molecular weight excluding hydrogens is 620 g/mol. The molecule has 4 fully saturated rings. The van der Waals surface area contributed by atoms with E-state index in [1.807, 2.05) is 0 Å². The molecule has 0 heterocycles. The minimum absolute atomic E-state index is 0.0214. The van der Waals surface area contributed by atoms with Crippen LogP contribution in [-0.2, 0) is 35.1 Å². The number of carbonyl (C=O) groups is 3. The first-order chi connectivity index (χ1) is 23.4. The van der Waals surface area contributed by atoms with E-state index in [0.717, 1.165) is 70.9 Å². The van der Waals surface area contributed by atoms with Crippen molar-refractivity contribution in [1.29, 1.82) is 0 Å². The second-order valence-corrected chi connectivity index (χ2v) is 16.3. The van der Waals surface area contributed by atoms with Crippen LogP contribution in [0, 0.1) is 52.3 Å². The van der Waals surface area contributed by atoms with Crippen LogP contribution in [0.1, 0.15) is 84.1 Å². The van der Waals surface area contributed by atoms with Crippen molar-refractivity contribution >= 4 is 17.9 Å². The molecule has 0 saturated heterocycles. The number of ether oxygens (including phenoxy) is 3. The van der Waals surface area contributed by atoms with E-state index in [1.165, 1.54) is 5.56 Å². The average Bonchev–Trinajstić information content (AvgIpc) is 3.46. The van der Waals surface area contributed by atoms with Gasteiger partial charge in [0.1, 0.15) is 12.2 Å². The zero-order chi connectivity index (χ0) is 35.3. The molecule has 0 bridgehead atoms. The van der Waals surface area contributed by atoms with Gasteiger partial charge in [-0.25, -0.2) is 0 Å². The van der Waals surface area contributed by atoms with Crippen LogP contribution in [0.5, 0.6) is 0 Å². The Labute approximate surface area is 293 Å². The molecule has 0 amide bonds. The number of esters is 3. The van der Waals surface area contributed by atoms with Gasteiger partial charge in [-0.2, -0.15) is 0 Å². The highest BCUT2D eigenvalue weighted by atomic mass is 16.6. The highest BCUT2D eigenvalue weighted by molar-refractivity contribution is 5.72. The summed E-state index contributed by atoms with van der Waals surface area (Å²) in [6, 6.07) is 10.6. The molecule has 0 radical (unpaired) electrons. The van der Waals surface area contributed by atoms with Crippen molar-refractivity contribution in [3.05, 3.63) is 35.9 Å². The Bertz CT molecular complexity index is 1280. The fourth-order valence-electron chi connectivity index (χ4n) is 11.3. The van der Waals surface area contributed by atoms with Gasteiger partial charge in [0.25, 0.3) is 0 Å². The van der Waals surface area contributed by atoms with Gasteiger partial charge in [0.15, 0.2) is 0 Å². The van der Waals surface area contributed by atoms with Gasteiger partial charge in [-0.15, -0.1) is 0 Å². The van der Waals surface area contributed by atoms with Crippen molar-refractivity contribution in [3.8, 4) is 0 Å². The lowest BCUT2D eigenvalue weighted by Crippen LogP contribution is -2.62. The normalized spacial score (nSPS) is 35.8. The lowest BCUT2D eigenvalue weighted by Gasteiger charge is -2.64. The molecule has 1 aromatic rings. The van der Waals surface area contributed by atoms with Gasteiger partial charge in [-0.1, -0.05) is 51.1 Å². The van der Waals surface area contributed by atoms with Crippen LogP contribution in [0.15, 0.2) is 30.3 Å². The number of fused-ring (bicyclic) bond motifs is 5. The summed E-state index contributed by atoms with van der Waals surface area (Å²) in [5, 5.41) is 0. The van der Waals surface area contributed by atoms with E-state index in [-0.39, 0.29) is 78.3 Å². The van der Waals surface area contributed by atoms with E-state index in [1.54, 1.807) is 0 Å². The smallest absolute Gasteiger partial charge is 0.319 e. The summed E-state index contributed by atoms with van der Waals surface area (Å²) in [6.07, 6.45) is 8.13. The van der Waals surface area contributed by atoms with E-state index in [9.17, 15) is 14.4 Å². The first-order valence-corrected chi connectivity index (χ1v) is 18.8. The zero-order valence-corrected chi connectivity index (χ0v) is 30.3. The van der Waals surface area contributed by atoms with Crippen LogP contribution in [0.25, 0.3) is 0 Å². The Morgan fingerprint density at radius 2 is 1.59 bits per heavy atom. The molecule has 0 aromatic heterocycles. The van der Waals surface area contributed by atoms with E-state index in [4.69, 9.17) is 31.4 Å². The SMILES string of the molecule is C[C@H](CCCN(C)Cc1ccccc1)[C@H]1CC[C@H]2[C@@H]3[C@H](COC(=O)CN)C[C@@H]4C[C@H](OC(=O)CN)CC[C@]4(C)[C@H]3C[C@H](OC(=O)CN)[C@]12C. The predicted octanol–water partition coefficient (Wildman–Crippen LogP) is 4.27. The standard InChI is InChI=1S/C39H62N4O6/c1-25(9-8-16-43(4)23-26-10-6-5-7-11-26)30-12-13-31-37-27(24-47-34(44)20-40)17-28-18-29(48-35(45)21-41)14-15-38(28,2)32(37)19-33(39(30,31)3)49-36(46)22-42/h5-7,10-11,25,27-33,37H,8-9,12-24,40-42H2,1-4H3/t25-,27+,28-,29-,30-,31+,32+,33+,37+,38+,39-/m1/s1. The van der Waals surface area contributed by atoms with Gasteiger partial charge in [-0.3, -0.25) is 14.4 Å². The van der Waals surface area contributed by atoms with Crippen LogP contribution >= 0.6 is 0 Å². The number of rotatable bonds is 14. The largest absolute Gasteiger partial charge is 0.464 e. The van der Waals surface area contributed by atoms with Crippen LogP contribution in [0.4, 0.5) is 0 Å². The van der Waals surface area contributed by atoms with Crippen LogP contribution in [0.3, 0.4) is 0 Å². The molecule has 4 aliphatic rings. The summed E-state index contributed by atoms with van der Waals surface area (Å²) in [5.74, 6) is 1.11. The van der Waals surface area contributed by atoms with Gasteiger partial charge in [0, 0.05) is 12.0 Å². The van der Waals surface area contributed by atoms with E-state index < -0.39 is 0 Å². The molecule has 4 aliphatic carbocycles. The third-order valence-corrected chi connectivity index (χ3v) is 13.7. The summed E-state index contributed by atoms with van der Waals surface area (Å²) in [6.45, 7) is 9.09. The van der Waals surface area contributed by atoms with E-state index in [2.05, 4.69) is 63.1 Å². The highest BCUT2D eigenvalue weighted by Gasteiger charge is 2.67. The summed E-state index contributed by atoms with van der Waals surface area (Å²) in [7, 11) is 2.19. The fourth-order valence-corrected chi connectivity index (χ4v) is 11.3. The average molecular weight is 683 g/mol. The fraction of sp³-hybridized carbons (Fsp3) is 0.769. The second kappa shape index (κ2) is 16.2. The zero-order valence-electron chi connectivity index (χ0n) is 30.3. The molecule has 274 valence electrons. The maximum atomic E-state index is 13.0. The van der Waals surface area contributed by atoms with Crippen molar-refractivity contribution in [2.75, 3.05) is 39.8 Å². The van der Waals surface area contributed by atoms with Crippen molar-refractivity contribution in [1.82, 2.24) is 4.90 Å². The molecule has 6 N–H and O–H groups in total. The Morgan fingerprint density at radius 3 is 2.29 bits per heavy atom. The molecule has 0 unspecified atom stereocenters.